The van der Waals surface area contributed by atoms with Crippen molar-refractivity contribution < 1.29 is 0 Å². The average Bonchev–Trinajstić information content (AvgIpc) is 1.38. The number of nitrogens with zero attached hydrogens (tertiary/aromatic N) is 1. The Morgan fingerprint density at radius 3 is 2.20 bits per heavy atom. The Hall–Kier alpha value is 0.230. The van der Waals surface area contributed by atoms with E-state index in [0.717, 1.165) is 5.75 Å². The van der Waals surface area contributed by atoms with Gasteiger partial charge in [0.05, 0.1) is 0 Å². The summed E-state index contributed by atoms with van der Waals surface area (Å²) in [5.41, 5.74) is 0. The van der Waals surface area contributed by atoms with E-state index in [1.165, 1.54) is 0 Å². The first kappa shape index (κ1) is 5.23. The van der Waals surface area contributed by atoms with Crippen LogP contribution in [0.1, 0.15) is 6.92 Å². The molecule has 0 bridgehead atoms. The fourth-order valence-electron chi connectivity index (χ4n) is 0. The fraction of sp³-hybridized carbons (Fsp3) is 1.00. The van der Waals surface area contributed by atoms with Crippen molar-refractivity contribution in [1.29, 1.82) is 4.61 Å². The number of hydrogen-bond donors (Lipinski definition) is 0. The van der Waals surface area contributed by atoms with Crippen LogP contribution in [0.5, 0.6) is 0 Å². The molecule has 0 radical (unpaired) electrons. The first-order chi connectivity index (χ1) is 2.27. The maximum absolute atomic E-state index is 8.30. The van der Waals surface area contributed by atoms with Gasteiger partial charge < -0.3 is 0 Å². The second-order valence-corrected chi connectivity index (χ2v) is 3.37. The fourth-order valence-corrected chi connectivity index (χ4v) is 0. The normalized spacial score (nSPS) is 7.20. The minimum atomic E-state index is -0.517. The maximum Gasteiger partial charge on any atom is 0.0325 e. The highest BCUT2D eigenvalue weighted by Gasteiger charge is 1.57. The highest BCUT2D eigenvalue weighted by atomic mass is 32.5. The van der Waals surface area contributed by atoms with Crippen molar-refractivity contribution in [3.05, 3.63) is 0 Å². The monoisotopic (exact) mass is 107 g/mol. The van der Waals surface area contributed by atoms with Gasteiger partial charge in [0, 0.05) is 5.75 Å². The topological polar surface area (TPSA) is 23.8 Å². The average molecular weight is 107 g/mol. The zero-order chi connectivity index (χ0) is 4.28. The van der Waals surface area contributed by atoms with Crippen molar-refractivity contribution in [2.24, 2.45) is 0 Å². The van der Waals surface area contributed by atoms with Gasteiger partial charge in [-0.25, -0.2) is 0 Å². The molecule has 0 aromatic carbocycles. The second kappa shape index (κ2) is 2.47. The molecule has 0 heterocycles. The number of rotatable bonds is 0. The van der Waals surface area contributed by atoms with E-state index in [9.17, 15) is 0 Å². The lowest BCUT2D eigenvalue weighted by Crippen LogP contribution is -1.61. The summed E-state index contributed by atoms with van der Waals surface area (Å²) in [6.07, 6.45) is 0. The Labute approximate surface area is 35.8 Å². The molecule has 0 spiro atoms. The quantitative estimate of drug-likeness (QED) is 0.426. The predicted molar refractivity (Wildman–Crippen MR) is 27.9 cm³/mol. The molecular weight excluding hydrogens is 101 g/mol. The summed E-state index contributed by atoms with van der Waals surface area (Å²) in [5.74, 6) is 0.802. The zero-order valence-corrected chi connectivity index (χ0v) is 4.88. The van der Waals surface area contributed by atoms with Crippen molar-refractivity contribution >= 4 is 17.7 Å². The van der Waals surface area contributed by atoms with E-state index in [0.29, 0.717) is 0 Å². The van der Waals surface area contributed by atoms with Crippen molar-refractivity contribution in [2.45, 2.75) is 6.92 Å². The van der Waals surface area contributed by atoms with Gasteiger partial charge in [0.2, 0.25) is 0 Å². The van der Waals surface area contributed by atoms with Crippen LogP contribution in [0.25, 0.3) is 0 Å². The molecule has 0 N–H and O–H groups in total. The molecule has 1 nitrogen and oxygen atoms in total. The summed E-state index contributed by atoms with van der Waals surface area (Å²) in [6, 6.07) is 0. The third kappa shape index (κ3) is 4.23. The molecule has 0 aliphatic heterocycles. The molecule has 5 heavy (non-hydrogen) atoms. The van der Waals surface area contributed by atoms with Crippen LogP contribution in [0, 0.1) is 4.61 Å². The lowest BCUT2D eigenvalue weighted by molar-refractivity contribution is 1.51. The molecule has 0 fully saturated rings. The summed E-state index contributed by atoms with van der Waals surface area (Å²) < 4.78 is 8.30. The molecule has 0 rings (SSSR count). The van der Waals surface area contributed by atoms with Gasteiger partial charge in [-0.3, -0.25) is 0 Å². The molecule has 0 aliphatic rings. The van der Waals surface area contributed by atoms with Gasteiger partial charge in [0.15, 0.2) is 0 Å². The summed E-state index contributed by atoms with van der Waals surface area (Å²) in [6.45, 7) is 1.91. The minimum Gasteiger partial charge on any atom is -0.186 e. The molecule has 0 aromatic rings. The number of hydrogen-bond acceptors (Lipinski definition) is 1. The highest BCUT2D eigenvalue weighted by Crippen LogP contribution is 1.66. The molecule has 0 aliphatic carbocycles. The third-order valence-electron chi connectivity index (χ3n) is 0.273. The lowest BCUT2D eigenvalue weighted by atomic mass is 11.0. The van der Waals surface area contributed by atoms with Gasteiger partial charge in [0.1, 0.15) is 0 Å². The molecule has 0 aromatic heterocycles. The minimum absolute atomic E-state index is 0.517. The molecular formula is C2H6NPS. The Kier molecular flexibility index (Phi) is 2.58. The van der Waals surface area contributed by atoms with Crippen molar-refractivity contribution in [3.8, 4) is 0 Å². The van der Waals surface area contributed by atoms with E-state index in [1.54, 1.807) is 0 Å². The van der Waals surface area contributed by atoms with E-state index in [4.69, 9.17) is 4.61 Å². The van der Waals surface area contributed by atoms with E-state index in [-0.39, 0.29) is 0 Å². The molecule has 0 amide bonds. The van der Waals surface area contributed by atoms with Gasteiger partial charge in [-0.2, -0.15) is 4.61 Å². The Morgan fingerprint density at radius 2 is 2.20 bits per heavy atom. The molecule has 0 saturated heterocycles. The lowest BCUT2D eigenvalue weighted by Gasteiger charge is -1.60. The first-order valence-electron chi connectivity index (χ1n) is 1.38. The third-order valence-corrected chi connectivity index (χ3v) is 1.69. The SMILES string of the molecule is CCS(#N)=P. The van der Waals surface area contributed by atoms with Gasteiger partial charge in [-0.05, 0) is 17.7 Å². The van der Waals surface area contributed by atoms with Gasteiger partial charge in [0.25, 0.3) is 0 Å². The molecule has 0 saturated carbocycles. The van der Waals surface area contributed by atoms with Crippen LogP contribution in [-0.4, -0.2) is 5.75 Å². The smallest absolute Gasteiger partial charge is 0.0325 e. The first-order valence-corrected chi connectivity index (χ1v) is 3.96. The summed E-state index contributed by atoms with van der Waals surface area (Å²) in [4.78, 5) is 0. The van der Waals surface area contributed by atoms with Crippen molar-refractivity contribution in [3.63, 3.8) is 0 Å². The van der Waals surface area contributed by atoms with E-state index in [2.05, 4.69) is 8.02 Å². The van der Waals surface area contributed by atoms with Gasteiger partial charge >= 0.3 is 0 Å². The largest absolute Gasteiger partial charge is 0.186 e. The zero-order valence-electron chi connectivity index (χ0n) is 3.06. The Bertz CT molecular complexity index is 111. The van der Waals surface area contributed by atoms with Crippen LogP contribution in [0.15, 0.2) is 0 Å². The van der Waals surface area contributed by atoms with E-state index >= 15 is 0 Å². The van der Waals surface area contributed by atoms with Crippen LogP contribution < -0.4 is 0 Å². The van der Waals surface area contributed by atoms with Crippen LogP contribution in [0.4, 0.5) is 0 Å². The summed E-state index contributed by atoms with van der Waals surface area (Å²) in [7, 11) is 2.48. The van der Waals surface area contributed by atoms with E-state index in [1.807, 2.05) is 6.92 Å². The van der Waals surface area contributed by atoms with Crippen LogP contribution in [0.3, 0.4) is 0 Å². The summed E-state index contributed by atoms with van der Waals surface area (Å²) in [5, 5.41) is 0. The summed E-state index contributed by atoms with van der Waals surface area (Å²) >= 11 is 0. The van der Waals surface area contributed by atoms with Crippen molar-refractivity contribution in [1.82, 2.24) is 0 Å². The molecule has 0 atom stereocenters. The van der Waals surface area contributed by atoms with E-state index < -0.39 is 9.70 Å². The molecule has 3 heteroatoms. The molecule has 0 unspecified atom stereocenters. The molecule has 30 valence electrons. The van der Waals surface area contributed by atoms with Gasteiger partial charge in [-0.15, -0.1) is 0 Å². The Morgan fingerprint density at radius 1 is 2.00 bits per heavy atom. The van der Waals surface area contributed by atoms with Crippen LogP contribution in [0.2, 0.25) is 0 Å². The Balaban J connectivity index is 3.39. The maximum atomic E-state index is 8.30. The van der Waals surface area contributed by atoms with Crippen LogP contribution in [-0.2, 0) is 9.70 Å². The highest BCUT2D eigenvalue weighted by molar-refractivity contribution is 8.05. The van der Waals surface area contributed by atoms with Gasteiger partial charge in [-0.1, -0.05) is 6.92 Å². The second-order valence-electron chi connectivity index (χ2n) is 0.653. The standard InChI is InChI=1S/C2H6NPS/c1-2-5(3)4/h4H,2H2,1H3. The predicted octanol–water partition coefficient (Wildman–Crippen LogP) is 1.16. The van der Waals surface area contributed by atoms with Crippen LogP contribution >= 0.6 is 8.02 Å². The van der Waals surface area contributed by atoms with Crippen molar-refractivity contribution in [2.75, 3.05) is 5.75 Å².